The average Bonchev–Trinajstić information content (AvgIpc) is 2.36. The van der Waals surface area contributed by atoms with E-state index in [4.69, 9.17) is 0 Å². The fourth-order valence-corrected chi connectivity index (χ4v) is 2.82. The Morgan fingerprint density at radius 3 is 1.89 bits per heavy atom. The highest BCUT2D eigenvalue weighted by molar-refractivity contribution is 5.31. The van der Waals surface area contributed by atoms with Crippen molar-refractivity contribution in [2.75, 3.05) is 13.1 Å². The number of rotatable bonds is 6. The van der Waals surface area contributed by atoms with E-state index in [1.165, 1.54) is 24.1 Å². The van der Waals surface area contributed by atoms with Gasteiger partial charge in [0, 0.05) is 11.0 Å². The first-order valence-electron chi connectivity index (χ1n) is 7.59. The lowest BCUT2D eigenvalue weighted by Crippen LogP contribution is -2.56. The van der Waals surface area contributed by atoms with Crippen LogP contribution in [0.15, 0.2) is 24.3 Å². The molecule has 1 aromatic rings. The zero-order valence-electron chi connectivity index (χ0n) is 13.9. The molecule has 0 amide bonds. The van der Waals surface area contributed by atoms with Crippen molar-refractivity contribution >= 4 is 0 Å². The van der Waals surface area contributed by atoms with E-state index in [0.29, 0.717) is 0 Å². The van der Waals surface area contributed by atoms with Crippen molar-refractivity contribution < 1.29 is 0 Å². The number of hydrogen-bond acceptors (Lipinski definition) is 1. The summed E-state index contributed by atoms with van der Waals surface area (Å²) in [6.45, 7) is 18.5. The first-order valence-corrected chi connectivity index (χ1v) is 7.59. The molecule has 0 radical (unpaired) electrons. The van der Waals surface area contributed by atoms with Crippen LogP contribution in [0.3, 0.4) is 0 Å². The van der Waals surface area contributed by atoms with Gasteiger partial charge in [0.1, 0.15) is 0 Å². The van der Waals surface area contributed by atoms with Crippen LogP contribution in [0.5, 0.6) is 0 Å². The molecule has 19 heavy (non-hydrogen) atoms. The zero-order valence-corrected chi connectivity index (χ0v) is 13.9. The third-order valence-corrected chi connectivity index (χ3v) is 4.97. The van der Waals surface area contributed by atoms with Gasteiger partial charge in [-0.25, -0.2) is 0 Å². The molecule has 0 aliphatic heterocycles. The van der Waals surface area contributed by atoms with Gasteiger partial charge in [-0.3, -0.25) is 4.90 Å². The maximum absolute atomic E-state index is 2.60. The van der Waals surface area contributed by atoms with E-state index in [1.807, 2.05) is 0 Å². The summed E-state index contributed by atoms with van der Waals surface area (Å²) in [7, 11) is 0. The standard InChI is InChI=1S/C18H31N/c1-8-14-19(9-2)18(6,7)17(4,5)16-12-10-15(3)11-13-16/h10-13H,8-9,14H2,1-7H3. The largest absolute Gasteiger partial charge is 0.298 e. The Morgan fingerprint density at radius 1 is 0.947 bits per heavy atom. The number of aryl methyl sites for hydroxylation is 1. The SMILES string of the molecule is CCCN(CC)C(C)(C)C(C)(C)c1ccc(C)cc1. The number of nitrogens with zero attached hydrogens (tertiary/aromatic N) is 1. The van der Waals surface area contributed by atoms with E-state index >= 15 is 0 Å². The minimum absolute atomic E-state index is 0.131. The summed E-state index contributed by atoms with van der Waals surface area (Å²) in [5.41, 5.74) is 3.04. The lowest BCUT2D eigenvalue weighted by atomic mass is 9.68. The second-order valence-corrected chi connectivity index (χ2v) is 6.63. The van der Waals surface area contributed by atoms with Crippen molar-refractivity contribution in [1.29, 1.82) is 0 Å². The van der Waals surface area contributed by atoms with Gasteiger partial charge in [0.25, 0.3) is 0 Å². The molecule has 0 atom stereocenters. The van der Waals surface area contributed by atoms with Gasteiger partial charge >= 0.3 is 0 Å². The van der Waals surface area contributed by atoms with Gasteiger partial charge in [-0.05, 0) is 45.8 Å². The van der Waals surface area contributed by atoms with Crippen LogP contribution in [0.2, 0.25) is 0 Å². The van der Waals surface area contributed by atoms with E-state index in [9.17, 15) is 0 Å². The molecule has 1 heteroatoms. The van der Waals surface area contributed by atoms with Crippen LogP contribution in [0, 0.1) is 6.92 Å². The Labute approximate surface area is 120 Å². The molecule has 0 aromatic heterocycles. The van der Waals surface area contributed by atoms with Crippen molar-refractivity contribution in [3.63, 3.8) is 0 Å². The molecule has 0 heterocycles. The van der Waals surface area contributed by atoms with E-state index in [2.05, 4.69) is 77.6 Å². The van der Waals surface area contributed by atoms with Crippen molar-refractivity contribution in [3.8, 4) is 0 Å². The third-order valence-electron chi connectivity index (χ3n) is 4.97. The Balaban J connectivity index is 3.11. The number of likely N-dealkylation sites (N-methyl/N-ethyl adjacent to an activating group) is 1. The summed E-state index contributed by atoms with van der Waals surface area (Å²) in [4.78, 5) is 2.60. The van der Waals surface area contributed by atoms with Crippen LogP contribution in [0.25, 0.3) is 0 Å². The van der Waals surface area contributed by atoms with Crippen LogP contribution < -0.4 is 0 Å². The molecule has 0 saturated carbocycles. The summed E-state index contributed by atoms with van der Waals surface area (Å²) in [6.07, 6.45) is 1.21. The molecule has 0 aliphatic carbocycles. The van der Waals surface area contributed by atoms with Crippen LogP contribution in [0.1, 0.15) is 59.1 Å². The lowest BCUT2D eigenvalue weighted by Gasteiger charge is -2.49. The third kappa shape index (κ3) is 3.20. The van der Waals surface area contributed by atoms with Crippen LogP contribution >= 0.6 is 0 Å². The van der Waals surface area contributed by atoms with Gasteiger partial charge in [0.2, 0.25) is 0 Å². The van der Waals surface area contributed by atoms with Gasteiger partial charge in [-0.2, -0.15) is 0 Å². The van der Waals surface area contributed by atoms with Gasteiger partial charge < -0.3 is 0 Å². The fourth-order valence-electron chi connectivity index (χ4n) is 2.82. The lowest BCUT2D eigenvalue weighted by molar-refractivity contribution is 0.0595. The minimum atomic E-state index is 0.131. The minimum Gasteiger partial charge on any atom is -0.298 e. The molecule has 0 N–H and O–H groups in total. The molecule has 108 valence electrons. The second kappa shape index (κ2) is 6.09. The van der Waals surface area contributed by atoms with Crippen molar-refractivity contribution in [2.24, 2.45) is 0 Å². The highest BCUT2D eigenvalue weighted by atomic mass is 15.2. The predicted molar refractivity (Wildman–Crippen MR) is 85.8 cm³/mol. The van der Waals surface area contributed by atoms with Crippen LogP contribution in [-0.2, 0) is 5.41 Å². The zero-order chi connectivity index (χ0) is 14.7. The quantitative estimate of drug-likeness (QED) is 0.712. The van der Waals surface area contributed by atoms with Crippen molar-refractivity contribution in [2.45, 2.75) is 65.8 Å². The molecule has 1 aromatic carbocycles. The molecular weight excluding hydrogens is 230 g/mol. The fraction of sp³-hybridized carbons (Fsp3) is 0.667. The monoisotopic (exact) mass is 261 g/mol. The number of benzene rings is 1. The van der Waals surface area contributed by atoms with E-state index in [1.54, 1.807) is 0 Å². The Bertz CT molecular complexity index is 387. The second-order valence-electron chi connectivity index (χ2n) is 6.63. The van der Waals surface area contributed by atoms with Gasteiger partial charge in [-0.15, -0.1) is 0 Å². The molecule has 0 saturated heterocycles. The van der Waals surface area contributed by atoms with E-state index in [0.717, 1.165) is 6.54 Å². The summed E-state index contributed by atoms with van der Waals surface area (Å²) in [5, 5.41) is 0. The molecular formula is C18H31N. The smallest absolute Gasteiger partial charge is 0.0244 e. The molecule has 0 unspecified atom stereocenters. The van der Waals surface area contributed by atoms with E-state index in [-0.39, 0.29) is 11.0 Å². The topological polar surface area (TPSA) is 3.24 Å². The molecule has 0 fully saturated rings. The molecule has 0 spiro atoms. The summed E-state index contributed by atoms with van der Waals surface area (Å²) < 4.78 is 0. The Morgan fingerprint density at radius 2 is 1.47 bits per heavy atom. The summed E-state index contributed by atoms with van der Waals surface area (Å²) in [5.74, 6) is 0. The van der Waals surface area contributed by atoms with Gasteiger partial charge in [0.15, 0.2) is 0 Å². The van der Waals surface area contributed by atoms with Gasteiger partial charge in [0.05, 0.1) is 0 Å². The molecule has 1 rings (SSSR count). The summed E-state index contributed by atoms with van der Waals surface area (Å²) in [6, 6.07) is 9.03. The Kier molecular flexibility index (Phi) is 5.20. The molecule has 1 nitrogen and oxygen atoms in total. The average molecular weight is 261 g/mol. The maximum atomic E-state index is 2.60. The summed E-state index contributed by atoms with van der Waals surface area (Å²) >= 11 is 0. The van der Waals surface area contributed by atoms with Crippen molar-refractivity contribution in [1.82, 2.24) is 4.90 Å². The maximum Gasteiger partial charge on any atom is 0.0244 e. The normalized spacial score (nSPS) is 13.1. The van der Waals surface area contributed by atoms with Crippen molar-refractivity contribution in [3.05, 3.63) is 35.4 Å². The highest BCUT2D eigenvalue weighted by Crippen LogP contribution is 2.39. The number of hydrogen-bond donors (Lipinski definition) is 0. The first kappa shape index (κ1) is 16.2. The van der Waals surface area contributed by atoms with Gasteiger partial charge in [-0.1, -0.05) is 57.5 Å². The Hall–Kier alpha value is -0.820. The predicted octanol–water partition coefficient (Wildman–Crippen LogP) is 4.78. The van der Waals surface area contributed by atoms with Crippen LogP contribution in [0.4, 0.5) is 0 Å². The molecule has 0 bridgehead atoms. The highest BCUT2D eigenvalue weighted by Gasteiger charge is 2.41. The first-order chi connectivity index (χ1) is 8.77. The van der Waals surface area contributed by atoms with E-state index < -0.39 is 0 Å². The van der Waals surface area contributed by atoms with Crippen LogP contribution in [-0.4, -0.2) is 23.5 Å². The molecule has 0 aliphatic rings.